The van der Waals surface area contributed by atoms with Crippen LogP contribution in [0.15, 0.2) is 46.2 Å². The molecule has 0 bridgehead atoms. The Bertz CT molecular complexity index is 917. The average Bonchev–Trinajstić information content (AvgIpc) is 3.30. The number of benzene rings is 1. The Hall–Kier alpha value is -2.74. The number of aryl methyl sites for hydroxylation is 3. The van der Waals surface area contributed by atoms with Crippen LogP contribution in [0.25, 0.3) is 0 Å². The van der Waals surface area contributed by atoms with Crippen molar-refractivity contribution < 1.29 is 13.9 Å². The Morgan fingerprint density at radius 2 is 2.03 bits per heavy atom. The first-order valence-corrected chi connectivity index (χ1v) is 10.6. The molecule has 2 aromatic heterocycles. The van der Waals surface area contributed by atoms with E-state index in [1.165, 1.54) is 11.1 Å². The van der Waals surface area contributed by atoms with E-state index < -0.39 is 0 Å². The summed E-state index contributed by atoms with van der Waals surface area (Å²) < 4.78 is 13.3. The number of hydrogen-bond acceptors (Lipinski definition) is 6. The zero-order valence-corrected chi connectivity index (χ0v) is 17.6. The second-order valence-electron chi connectivity index (χ2n) is 6.90. The number of nitrogens with two attached hydrogens (primary N) is 1. The maximum atomic E-state index is 11.1. The van der Waals surface area contributed by atoms with Crippen molar-refractivity contribution in [1.29, 1.82) is 0 Å². The molecule has 0 aliphatic carbocycles. The normalized spacial score (nSPS) is 11.0. The smallest absolute Gasteiger partial charge is 0.217 e. The van der Waals surface area contributed by atoms with Crippen LogP contribution in [0.5, 0.6) is 5.75 Å². The van der Waals surface area contributed by atoms with E-state index in [2.05, 4.69) is 30.1 Å². The van der Waals surface area contributed by atoms with Crippen molar-refractivity contribution in [1.82, 2.24) is 14.8 Å². The number of rotatable bonds is 11. The molecule has 0 atom stereocenters. The highest BCUT2D eigenvalue weighted by molar-refractivity contribution is 7.99. The molecule has 0 fully saturated rings. The van der Waals surface area contributed by atoms with E-state index in [4.69, 9.17) is 14.9 Å². The lowest BCUT2D eigenvalue weighted by atomic mass is 10.1. The van der Waals surface area contributed by atoms with Crippen LogP contribution in [-0.4, -0.2) is 33.0 Å². The van der Waals surface area contributed by atoms with Crippen molar-refractivity contribution in [2.75, 3.05) is 12.4 Å². The van der Waals surface area contributed by atoms with Gasteiger partial charge in [-0.1, -0.05) is 17.8 Å². The molecule has 0 radical (unpaired) electrons. The van der Waals surface area contributed by atoms with Crippen LogP contribution in [-0.2, 0) is 17.8 Å². The highest BCUT2D eigenvalue weighted by atomic mass is 32.2. The van der Waals surface area contributed by atoms with Crippen molar-refractivity contribution in [2.45, 2.75) is 44.8 Å². The Morgan fingerprint density at radius 3 is 2.72 bits per heavy atom. The number of carbonyl (C=O) groups excluding carboxylic acids is 1. The van der Waals surface area contributed by atoms with Gasteiger partial charge in [-0.2, -0.15) is 0 Å². The van der Waals surface area contributed by atoms with Crippen LogP contribution in [0, 0.1) is 13.8 Å². The average molecular weight is 415 g/mol. The summed E-state index contributed by atoms with van der Waals surface area (Å²) in [5.74, 6) is 2.94. The zero-order chi connectivity index (χ0) is 20.6. The van der Waals surface area contributed by atoms with Crippen LogP contribution in [0.2, 0.25) is 0 Å². The molecule has 29 heavy (non-hydrogen) atoms. The Labute approximate surface area is 174 Å². The molecule has 2 N–H and O–H groups in total. The van der Waals surface area contributed by atoms with Crippen molar-refractivity contribution in [3.05, 3.63) is 59.3 Å². The standard InChI is InChI=1S/C21H26N4O3S/c1-15-11-16(2)13-18(12-15)28-9-4-10-29-21-24-23-20(7-6-19(22)26)25(21)14-17-5-3-8-27-17/h3,5,8,11-13H,4,6-7,9-10,14H2,1-2H3,(H2,22,26). The van der Waals surface area contributed by atoms with Crippen LogP contribution < -0.4 is 10.5 Å². The first-order valence-electron chi connectivity index (χ1n) is 9.58. The second kappa shape index (κ2) is 10.2. The third-order valence-corrected chi connectivity index (χ3v) is 5.32. The fourth-order valence-electron chi connectivity index (χ4n) is 2.99. The molecule has 1 aromatic carbocycles. The first kappa shape index (κ1) is 21.0. The fourth-order valence-corrected chi connectivity index (χ4v) is 3.86. The minimum Gasteiger partial charge on any atom is -0.494 e. The molecule has 2 heterocycles. The maximum absolute atomic E-state index is 11.1. The lowest BCUT2D eigenvalue weighted by molar-refractivity contribution is -0.118. The molecule has 8 heteroatoms. The van der Waals surface area contributed by atoms with Crippen LogP contribution in [0.4, 0.5) is 0 Å². The van der Waals surface area contributed by atoms with Gasteiger partial charge in [0.25, 0.3) is 0 Å². The molecular weight excluding hydrogens is 388 g/mol. The Kier molecular flexibility index (Phi) is 7.35. The van der Waals surface area contributed by atoms with Gasteiger partial charge in [-0.25, -0.2) is 0 Å². The lowest BCUT2D eigenvalue weighted by Gasteiger charge is -2.09. The number of nitrogens with zero attached hydrogens (tertiary/aromatic N) is 3. The summed E-state index contributed by atoms with van der Waals surface area (Å²) in [6.07, 6.45) is 3.21. The number of amides is 1. The summed E-state index contributed by atoms with van der Waals surface area (Å²) >= 11 is 1.62. The third kappa shape index (κ3) is 6.39. The van der Waals surface area contributed by atoms with Gasteiger partial charge in [0.05, 0.1) is 19.4 Å². The Balaban J connectivity index is 1.55. The molecule has 0 aliphatic heterocycles. The van der Waals surface area contributed by atoms with Gasteiger partial charge in [0.15, 0.2) is 5.16 Å². The minimum atomic E-state index is -0.352. The molecular formula is C21H26N4O3S. The number of aromatic nitrogens is 3. The summed E-state index contributed by atoms with van der Waals surface area (Å²) in [6, 6.07) is 9.98. The molecule has 1 amide bonds. The van der Waals surface area contributed by atoms with Gasteiger partial charge in [-0.3, -0.25) is 9.36 Å². The van der Waals surface area contributed by atoms with E-state index >= 15 is 0 Å². The lowest BCUT2D eigenvalue weighted by Crippen LogP contribution is -2.14. The fraction of sp³-hybridized carbons (Fsp3) is 0.381. The summed E-state index contributed by atoms with van der Waals surface area (Å²) in [4.78, 5) is 11.1. The number of ether oxygens (including phenoxy) is 1. The van der Waals surface area contributed by atoms with Crippen LogP contribution in [0.1, 0.15) is 35.6 Å². The minimum absolute atomic E-state index is 0.241. The summed E-state index contributed by atoms with van der Waals surface area (Å²) in [5.41, 5.74) is 7.68. The molecule has 0 saturated heterocycles. The predicted octanol–water partition coefficient (Wildman–Crippen LogP) is 3.52. The second-order valence-corrected chi connectivity index (χ2v) is 7.97. The molecule has 3 aromatic rings. The summed E-state index contributed by atoms with van der Waals surface area (Å²) in [5, 5.41) is 9.34. The maximum Gasteiger partial charge on any atom is 0.217 e. The largest absolute Gasteiger partial charge is 0.494 e. The van der Waals surface area contributed by atoms with Gasteiger partial charge in [0.2, 0.25) is 5.91 Å². The van der Waals surface area contributed by atoms with Gasteiger partial charge >= 0.3 is 0 Å². The van der Waals surface area contributed by atoms with Gasteiger partial charge < -0.3 is 14.9 Å². The Morgan fingerprint density at radius 1 is 1.24 bits per heavy atom. The zero-order valence-electron chi connectivity index (χ0n) is 16.8. The highest BCUT2D eigenvalue weighted by Gasteiger charge is 2.15. The quantitative estimate of drug-likeness (QED) is 0.381. The first-order chi connectivity index (χ1) is 14.0. The van der Waals surface area contributed by atoms with Crippen molar-refractivity contribution >= 4 is 17.7 Å². The van der Waals surface area contributed by atoms with Crippen molar-refractivity contribution in [3.63, 3.8) is 0 Å². The molecule has 7 nitrogen and oxygen atoms in total. The number of furan rings is 1. The number of thioether (sulfide) groups is 1. The van der Waals surface area contributed by atoms with Gasteiger partial charge in [0.1, 0.15) is 17.3 Å². The third-order valence-electron chi connectivity index (χ3n) is 4.27. The molecule has 0 saturated carbocycles. The molecule has 3 rings (SSSR count). The van der Waals surface area contributed by atoms with E-state index in [1.54, 1.807) is 18.0 Å². The van der Waals surface area contributed by atoms with E-state index in [1.807, 2.05) is 28.8 Å². The van der Waals surface area contributed by atoms with E-state index in [0.29, 0.717) is 19.6 Å². The van der Waals surface area contributed by atoms with E-state index in [9.17, 15) is 4.79 Å². The van der Waals surface area contributed by atoms with Gasteiger partial charge in [-0.05, 0) is 55.7 Å². The SMILES string of the molecule is Cc1cc(C)cc(OCCCSc2nnc(CCC(N)=O)n2Cc2ccco2)c1. The topological polar surface area (TPSA) is 96.2 Å². The number of carbonyl (C=O) groups is 1. The predicted molar refractivity (Wildman–Crippen MR) is 112 cm³/mol. The molecule has 0 aliphatic rings. The van der Waals surface area contributed by atoms with Gasteiger partial charge in [-0.15, -0.1) is 10.2 Å². The van der Waals surface area contributed by atoms with Crippen LogP contribution >= 0.6 is 11.8 Å². The summed E-state index contributed by atoms with van der Waals surface area (Å²) in [6.45, 7) is 5.29. The van der Waals surface area contributed by atoms with Crippen molar-refractivity contribution in [3.8, 4) is 5.75 Å². The number of primary amides is 1. The van der Waals surface area contributed by atoms with Gasteiger partial charge in [0, 0.05) is 18.6 Å². The number of hydrogen-bond donors (Lipinski definition) is 1. The van der Waals surface area contributed by atoms with E-state index in [-0.39, 0.29) is 12.3 Å². The monoisotopic (exact) mass is 414 g/mol. The molecule has 0 unspecified atom stereocenters. The highest BCUT2D eigenvalue weighted by Crippen LogP contribution is 2.21. The molecule has 0 spiro atoms. The van der Waals surface area contributed by atoms with Crippen molar-refractivity contribution in [2.24, 2.45) is 5.73 Å². The summed E-state index contributed by atoms with van der Waals surface area (Å²) in [7, 11) is 0. The van der Waals surface area contributed by atoms with Crippen LogP contribution in [0.3, 0.4) is 0 Å². The molecule has 154 valence electrons. The van der Waals surface area contributed by atoms with E-state index in [0.717, 1.165) is 34.7 Å².